The summed E-state index contributed by atoms with van der Waals surface area (Å²) in [5.41, 5.74) is 5.06. The van der Waals surface area contributed by atoms with Gasteiger partial charge in [0.1, 0.15) is 0 Å². The normalized spacial score (nSPS) is 12.4. The Balaban J connectivity index is 3.07. The molecule has 0 aliphatic carbocycles. The van der Waals surface area contributed by atoms with Crippen molar-refractivity contribution in [3.8, 4) is 0 Å². The summed E-state index contributed by atoms with van der Waals surface area (Å²) in [6.07, 6.45) is 0. The lowest BCUT2D eigenvalue weighted by Crippen LogP contribution is -2.40. The summed E-state index contributed by atoms with van der Waals surface area (Å²) in [6, 6.07) is 4.31. The van der Waals surface area contributed by atoms with Crippen molar-refractivity contribution in [2.45, 2.75) is 25.1 Å². The predicted molar refractivity (Wildman–Crippen MR) is 76.6 cm³/mol. The van der Waals surface area contributed by atoms with Crippen molar-refractivity contribution >= 4 is 31.5 Å². The van der Waals surface area contributed by atoms with Gasteiger partial charge in [-0.05, 0) is 35.3 Å². The van der Waals surface area contributed by atoms with Crippen molar-refractivity contribution < 1.29 is 13.3 Å². The molecule has 0 spiro atoms. The molecular weight excluding hydrogens is 336 g/mol. The van der Waals surface area contributed by atoms with E-state index in [9.17, 15) is 18.5 Å². The van der Waals surface area contributed by atoms with E-state index in [1.807, 2.05) is 0 Å². The Morgan fingerprint density at radius 2 is 2.00 bits per heavy atom. The van der Waals surface area contributed by atoms with Crippen molar-refractivity contribution in [3.05, 3.63) is 38.3 Å². The Morgan fingerprint density at radius 3 is 2.47 bits per heavy atom. The molecule has 0 atom stereocenters. The molecule has 8 heteroatoms. The fourth-order valence-electron chi connectivity index (χ4n) is 1.67. The number of benzene rings is 1. The van der Waals surface area contributed by atoms with Crippen LogP contribution in [0.15, 0.2) is 22.7 Å². The SMILES string of the molecule is CC(C)(N)CS(=O)(=O)Cc1cccc([N+](=O)[O-])c1Br. The molecular formula is C11H15BrN2O4S. The number of hydrogen-bond donors (Lipinski definition) is 1. The Hall–Kier alpha value is -0.990. The smallest absolute Gasteiger partial charge is 0.283 e. The van der Waals surface area contributed by atoms with Gasteiger partial charge in [0.15, 0.2) is 9.84 Å². The van der Waals surface area contributed by atoms with Gasteiger partial charge in [0, 0.05) is 11.6 Å². The summed E-state index contributed by atoms with van der Waals surface area (Å²) >= 11 is 3.08. The second-order valence-electron chi connectivity index (χ2n) is 5.03. The van der Waals surface area contributed by atoms with Gasteiger partial charge in [-0.15, -0.1) is 0 Å². The lowest BCUT2D eigenvalue weighted by Gasteiger charge is -2.18. The second kappa shape index (κ2) is 5.56. The zero-order valence-corrected chi connectivity index (χ0v) is 13.0. The first-order chi connectivity index (χ1) is 8.52. The fourth-order valence-corrected chi connectivity index (χ4v) is 4.36. The van der Waals surface area contributed by atoms with E-state index in [0.29, 0.717) is 5.56 Å². The highest BCUT2D eigenvalue weighted by Crippen LogP contribution is 2.29. The van der Waals surface area contributed by atoms with Crippen LogP contribution in [-0.2, 0) is 15.6 Å². The summed E-state index contributed by atoms with van der Waals surface area (Å²) < 4.78 is 24.1. The molecule has 0 aliphatic rings. The molecule has 2 N–H and O–H groups in total. The second-order valence-corrected chi connectivity index (χ2v) is 7.89. The van der Waals surface area contributed by atoms with Crippen molar-refractivity contribution in [2.75, 3.05) is 5.75 Å². The molecule has 0 amide bonds. The standard InChI is InChI=1S/C11H15BrN2O4S/c1-11(2,13)7-19(17,18)6-8-4-3-5-9(10(8)12)14(15)16/h3-5H,6-7,13H2,1-2H3. The Morgan fingerprint density at radius 1 is 1.42 bits per heavy atom. The summed E-state index contributed by atoms with van der Waals surface area (Å²) in [5, 5.41) is 10.8. The van der Waals surface area contributed by atoms with Crippen LogP contribution in [0, 0.1) is 10.1 Å². The van der Waals surface area contributed by atoms with Crippen LogP contribution >= 0.6 is 15.9 Å². The van der Waals surface area contributed by atoms with E-state index in [-0.39, 0.29) is 21.7 Å². The van der Waals surface area contributed by atoms with Crippen LogP contribution in [0.25, 0.3) is 0 Å². The molecule has 0 unspecified atom stereocenters. The minimum atomic E-state index is -3.43. The molecule has 0 fully saturated rings. The average Bonchev–Trinajstić information content (AvgIpc) is 2.16. The molecule has 6 nitrogen and oxygen atoms in total. The van der Waals surface area contributed by atoms with E-state index >= 15 is 0 Å². The van der Waals surface area contributed by atoms with Crippen molar-refractivity contribution in [1.82, 2.24) is 0 Å². The van der Waals surface area contributed by atoms with E-state index in [1.165, 1.54) is 18.2 Å². The average molecular weight is 351 g/mol. The monoisotopic (exact) mass is 350 g/mol. The first kappa shape index (κ1) is 16.1. The molecule has 1 aromatic rings. The molecule has 0 saturated heterocycles. The van der Waals surface area contributed by atoms with Crippen LogP contribution < -0.4 is 5.73 Å². The first-order valence-corrected chi connectivity index (χ1v) is 8.04. The third kappa shape index (κ3) is 4.88. The number of nitrogens with two attached hydrogens (primary N) is 1. The van der Waals surface area contributed by atoms with Gasteiger partial charge in [-0.25, -0.2) is 8.42 Å². The van der Waals surface area contributed by atoms with E-state index in [4.69, 9.17) is 5.73 Å². The third-order valence-corrected chi connectivity index (χ3v) is 5.07. The number of halogens is 1. The quantitative estimate of drug-likeness (QED) is 0.646. The highest BCUT2D eigenvalue weighted by molar-refractivity contribution is 9.10. The van der Waals surface area contributed by atoms with Gasteiger partial charge >= 0.3 is 0 Å². The fraction of sp³-hybridized carbons (Fsp3) is 0.455. The maximum Gasteiger partial charge on any atom is 0.283 e. The molecule has 0 aromatic heterocycles. The van der Waals surface area contributed by atoms with Gasteiger partial charge in [0.25, 0.3) is 5.69 Å². The van der Waals surface area contributed by atoms with E-state index < -0.39 is 20.3 Å². The molecule has 0 saturated carbocycles. The Kier molecular flexibility index (Phi) is 4.70. The lowest BCUT2D eigenvalue weighted by molar-refractivity contribution is -0.385. The van der Waals surface area contributed by atoms with Crippen molar-refractivity contribution in [3.63, 3.8) is 0 Å². The highest BCUT2D eigenvalue weighted by Gasteiger charge is 2.25. The van der Waals surface area contributed by atoms with E-state index in [0.717, 1.165) is 0 Å². The molecule has 0 heterocycles. The van der Waals surface area contributed by atoms with Crippen molar-refractivity contribution in [2.24, 2.45) is 5.73 Å². The Labute approximate surface area is 120 Å². The minimum Gasteiger partial charge on any atom is -0.325 e. The van der Waals surface area contributed by atoms with Gasteiger partial charge < -0.3 is 5.73 Å². The number of rotatable bonds is 5. The van der Waals surface area contributed by atoms with E-state index in [1.54, 1.807) is 13.8 Å². The van der Waals surface area contributed by atoms with Crippen LogP contribution in [-0.4, -0.2) is 24.6 Å². The molecule has 0 radical (unpaired) electrons. The summed E-state index contributed by atoms with van der Waals surface area (Å²) in [7, 11) is -3.43. The predicted octanol–water partition coefficient (Wildman–Crippen LogP) is 2.01. The molecule has 1 rings (SSSR count). The summed E-state index contributed by atoms with van der Waals surface area (Å²) in [4.78, 5) is 10.2. The number of hydrogen-bond acceptors (Lipinski definition) is 5. The molecule has 1 aromatic carbocycles. The van der Waals surface area contributed by atoms with E-state index in [2.05, 4.69) is 15.9 Å². The molecule has 0 aliphatic heterocycles. The number of nitrogens with zero attached hydrogens (tertiary/aromatic N) is 1. The van der Waals surface area contributed by atoms with Crippen LogP contribution in [0.2, 0.25) is 0 Å². The number of nitro benzene ring substituents is 1. The first-order valence-electron chi connectivity index (χ1n) is 5.43. The maximum absolute atomic E-state index is 12.0. The van der Waals surface area contributed by atoms with Gasteiger partial charge in [0.2, 0.25) is 0 Å². The largest absolute Gasteiger partial charge is 0.325 e. The van der Waals surface area contributed by atoms with Gasteiger partial charge in [0.05, 0.1) is 20.9 Å². The van der Waals surface area contributed by atoms with Crippen LogP contribution in [0.3, 0.4) is 0 Å². The topological polar surface area (TPSA) is 103 Å². The Bertz CT molecular complexity index is 593. The van der Waals surface area contributed by atoms with Gasteiger partial charge in [-0.3, -0.25) is 10.1 Å². The zero-order valence-electron chi connectivity index (χ0n) is 10.6. The lowest BCUT2D eigenvalue weighted by atomic mass is 10.1. The number of nitro groups is 1. The van der Waals surface area contributed by atoms with Gasteiger partial charge in [-0.1, -0.05) is 12.1 Å². The van der Waals surface area contributed by atoms with Crippen LogP contribution in [0.4, 0.5) is 5.69 Å². The van der Waals surface area contributed by atoms with Crippen LogP contribution in [0.1, 0.15) is 19.4 Å². The maximum atomic E-state index is 12.0. The zero-order chi connectivity index (χ0) is 14.8. The molecule has 0 bridgehead atoms. The third-order valence-electron chi connectivity index (χ3n) is 2.22. The highest BCUT2D eigenvalue weighted by atomic mass is 79.9. The molecule has 19 heavy (non-hydrogen) atoms. The van der Waals surface area contributed by atoms with Crippen molar-refractivity contribution in [1.29, 1.82) is 0 Å². The molecule has 106 valence electrons. The summed E-state index contributed by atoms with van der Waals surface area (Å²) in [6.45, 7) is 3.24. The van der Waals surface area contributed by atoms with Crippen LogP contribution in [0.5, 0.6) is 0 Å². The van der Waals surface area contributed by atoms with Gasteiger partial charge in [-0.2, -0.15) is 0 Å². The number of sulfone groups is 1. The minimum absolute atomic E-state index is 0.153. The summed E-state index contributed by atoms with van der Waals surface area (Å²) in [5.74, 6) is -0.467.